The molecule has 0 aliphatic carbocycles. The monoisotopic (exact) mass is 456 g/mol. The number of sulfonamides is 1. The number of hydrogen-bond acceptors (Lipinski definition) is 5. The molecule has 3 aromatic rings. The van der Waals surface area contributed by atoms with Crippen molar-refractivity contribution in [3.05, 3.63) is 84.2 Å². The van der Waals surface area contributed by atoms with E-state index in [-0.39, 0.29) is 11.8 Å². The Kier molecular flexibility index (Phi) is 7.00. The van der Waals surface area contributed by atoms with Gasteiger partial charge >= 0.3 is 0 Å². The van der Waals surface area contributed by atoms with Crippen LogP contribution in [0, 0.1) is 5.82 Å². The molecule has 0 fully saturated rings. The minimum atomic E-state index is -4.29. The molecule has 0 unspecified atom stereocenters. The third-order valence-electron chi connectivity index (χ3n) is 4.61. The lowest BCUT2D eigenvalue weighted by Gasteiger charge is -2.20. The Morgan fingerprint density at radius 3 is 2.19 bits per heavy atom. The summed E-state index contributed by atoms with van der Waals surface area (Å²) in [6.45, 7) is 5.90. The molecular formula is C23H25FN4O3S. The molecule has 0 aliphatic heterocycles. The molecule has 168 valence electrons. The largest absolute Gasteiger partial charge is 0.322 e. The molecule has 2 N–H and O–H groups in total. The first-order valence-electron chi connectivity index (χ1n) is 10.0. The average Bonchev–Trinajstić information content (AvgIpc) is 2.74. The van der Waals surface area contributed by atoms with E-state index in [1.807, 2.05) is 26.8 Å². The number of amides is 1. The average molecular weight is 457 g/mol. The molecule has 0 radical (unpaired) electrons. The van der Waals surface area contributed by atoms with Gasteiger partial charge in [0.05, 0.1) is 18.1 Å². The van der Waals surface area contributed by atoms with Gasteiger partial charge in [-0.1, -0.05) is 63.2 Å². The van der Waals surface area contributed by atoms with Crippen LogP contribution in [0.15, 0.2) is 71.9 Å². The molecule has 32 heavy (non-hydrogen) atoms. The Balaban J connectivity index is 1.85. The van der Waals surface area contributed by atoms with Crippen molar-refractivity contribution in [2.45, 2.75) is 43.5 Å². The fourth-order valence-electron chi connectivity index (χ4n) is 2.96. The van der Waals surface area contributed by atoms with Crippen molar-refractivity contribution >= 4 is 21.6 Å². The maximum atomic E-state index is 14.1. The van der Waals surface area contributed by atoms with Gasteiger partial charge in [0.25, 0.3) is 0 Å². The number of carbonyl (C=O) groups is 1. The lowest BCUT2D eigenvalue weighted by Crippen LogP contribution is -2.45. The Bertz CT molecular complexity index is 1180. The number of carbonyl (C=O) groups excluding carboxylic acids is 1. The van der Waals surface area contributed by atoms with E-state index in [4.69, 9.17) is 0 Å². The Hall–Kier alpha value is -3.17. The van der Waals surface area contributed by atoms with Crippen LogP contribution in [-0.4, -0.2) is 30.3 Å². The minimum Gasteiger partial charge on any atom is -0.322 e. The van der Waals surface area contributed by atoms with E-state index in [2.05, 4.69) is 20.0 Å². The molecule has 0 saturated carbocycles. The van der Waals surface area contributed by atoms with Crippen LogP contribution >= 0.6 is 0 Å². The van der Waals surface area contributed by atoms with Gasteiger partial charge in [0.15, 0.2) is 0 Å². The van der Waals surface area contributed by atoms with Crippen LogP contribution in [0.2, 0.25) is 0 Å². The fraction of sp³-hybridized carbons (Fsp3) is 0.261. The Morgan fingerprint density at radius 1 is 1.00 bits per heavy atom. The first-order valence-corrected chi connectivity index (χ1v) is 11.5. The highest BCUT2D eigenvalue weighted by atomic mass is 32.2. The molecule has 1 aromatic heterocycles. The number of hydrogen-bond donors (Lipinski definition) is 2. The van der Waals surface area contributed by atoms with Gasteiger partial charge in [-0.25, -0.2) is 22.8 Å². The summed E-state index contributed by atoms with van der Waals surface area (Å²) >= 11 is 0. The van der Waals surface area contributed by atoms with E-state index in [1.165, 1.54) is 24.5 Å². The summed E-state index contributed by atoms with van der Waals surface area (Å²) < 4.78 is 42.1. The molecule has 0 saturated heterocycles. The van der Waals surface area contributed by atoms with Crippen LogP contribution in [0.1, 0.15) is 32.2 Å². The second-order valence-electron chi connectivity index (χ2n) is 8.33. The van der Waals surface area contributed by atoms with Crippen molar-refractivity contribution in [1.82, 2.24) is 14.7 Å². The van der Waals surface area contributed by atoms with E-state index >= 15 is 0 Å². The molecule has 7 nitrogen and oxygen atoms in total. The lowest BCUT2D eigenvalue weighted by atomic mass is 9.96. The molecule has 3 rings (SSSR count). The van der Waals surface area contributed by atoms with Gasteiger partial charge in [0, 0.05) is 5.41 Å². The first kappa shape index (κ1) is 23.5. The number of nitrogens with zero attached hydrogens (tertiary/aromatic N) is 2. The van der Waals surface area contributed by atoms with Crippen molar-refractivity contribution in [2.75, 3.05) is 5.32 Å². The SMILES string of the molecule is CC(C)(C)c1ncc(NC(=O)[C@H](Cc2ccccc2)NS(=O)(=O)c2ccccc2F)cn1. The van der Waals surface area contributed by atoms with Gasteiger partial charge < -0.3 is 5.32 Å². The van der Waals surface area contributed by atoms with Crippen LogP contribution in [0.5, 0.6) is 0 Å². The van der Waals surface area contributed by atoms with Crippen molar-refractivity contribution < 1.29 is 17.6 Å². The Morgan fingerprint density at radius 2 is 1.59 bits per heavy atom. The molecule has 1 atom stereocenters. The maximum absolute atomic E-state index is 14.1. The number of aromatic nitrogens is 2. The molecule has 0 spiro atoms. The molecular weight excluding hydrogens is 431 g/mol. The maximum Gasteiger partial charge on any atom is 0.244 e. The quantitative estimate of drug-likeness (QED) is 0.567. The Labute approximate surface area is 187 Å². The predicted molar refractivity (Wildman–Crippen MR) is 120 cm³/mol. The van der Waals surface area contributed by atoms with Gasteiger partial charge in [0.2, 0.25) is 15.9 Å². The smallest absolute Gasteiger partial charge is 0.244 e. The summed E-state index contributed by atoms with van der Waals surface area (Å²) in [4.78, 5) is 21.0. The normalized spacial score (nSPS) is 12.9. The topological polar surface area (TPSA) is 101 Å². The summed E-state index contributed by atoms with van der Waals surface area (Å²) in [6.07, 6.45) is 3.01. The van der Waals surface area contributed by atoms with Crippen LogP contribution in [0.3, 0.4) is 0 Å². The van der Waals surface area contributed by atoms with E-state index < -0.39 is 32.7 Å². The summed E-state index contributed by atoms with van der Waals surface area (Å²) in [7, 11) is -4.29. The number of halogens is 1. The van der Waals surface area contributed by atoms with Crippen molar-refractivity contribution in [2.24, 2.45) is 0 Å². The molecule has 1 amide bonds. The first-order chi connectivity index (χ1) is 15.1. The van der Waals surface area contributed by atoms with Crippen LogP contribution < -0.4 is 10.0 Å². The summed E-state index contributed by atoms with van der Waals surface area (Å²) in [5.74, 6) is -0.900. The molecule has 9 heteroatoms. The van der Waals surface area contributed by atoms with Crippen LogP contribution in [-0.2, 0) is 26.7 Å². The number of rotatable bonds is 7. The van der Waals surface area contributed by atoms with E-state index in [0.29, 0.717) is 11.5 Å². The standard InChI is InChI=1S/C23H25FN4O3S/c1-23(2,3)22-25-14-17(15-26-22)27-21(29)19(13-16-9-5-4-6-10-16)28-32(30,31)20-12-8-7-11-18(20)24/h4-12,14-15,19,28H,13H2,1-3H3,(H,27,29)/t19-/m0/s1. The summed E-state index contributed by atoms with van der Waals surface area (Å²) in [6, 6.07) is 12.8. The third-order valence-corrected chi connectivity index (χ3v) is 6.12. The highest BCUT2D eigenvalue weighted by molar-refractivity contribution is 7.89. The summed E-state index contributed by atoms with van der Waals surface area (Å²) in [5, 5.41) is 2.64. The lowest BCUT2D eigenvalue weighted by molar-refractivity contribution is -0.117. The van der Waals surface area contributed by atoms with E-state index in [0.717, 1.165) is 17.7 Å². The highest BCUT2D eigenvalue weighted by Crippen LogP contribution is 2.19. The molecule has 0 aliphatic rings. The van der Waals surface area contributed by atoms with Gasteiger partial charge in [-0.05, 0) is 24.1 Å². The highest BCUT2D eigenvalue weighted by Gasteiger charge is 2.28. The number of nitrogens with one attached hydrogen (secondary N) is 2. The zero-order valence-electron chi connectivity index (χ0n) is 18.0. The van der Waals surface area contributed by atoms with Gasteiger partial charge in [-0.3, -0.25) is 4.79 Å². The number of anilines is 1. The third kappa shape index (κ3) is 5.95. The number of benzene rings is 2. The van der Waals surface area contributed by atoms with Crippen molar-refractivity contribution in [3.8, 4) is 0 Å². The zero-order chi connectivity index (χ0) is 23.4. The summed E-state index contributed by atoms with van der Waals surface area (Å²) in [5.41, 5.74) is 0.808. The second-order valence-corrected chi connectivity index (χ2v) is 10.0. The van der Waals surface area contributed by atoms with Crippen molar-refractivity contribution in [1.29, 1.82) is 0 Å². The van der Waals surface area contributed by atoms with Gasteiger partial charge in [-0.15, -0.1) is 0 Å². The van der Waals surface area contributed by atoms with E-state index in [1.54, 1.807) is 24.3 Å². The van der Waals surface area contributed by atoms with E-state index in [9.17, 15) is 17.6 Å². The fourth-order valence-corrected chi connectivity index (χ4v) is 4.23. The van der Waals surface area contributed by atoms with Crippen LogP contribution in [0.25, 0.3) is 0 Å². The van der Waals surface area contributed by atoms with Gasteiger partial charge in [-0.2, -0.15) is 4.72 Å². The minimum absolute atomic E-state index is 0.0707. The van der Waals surface area contributed by atoms with Gasteiger partial charge in [0.1, 0.15) is 22.6 Å². The van der Waals surface area contributed by atoms with Crippen molar-refractivity contribution in [3.63, 3.8) is 0 Å². The molecule has 2 aromatic carbocycles. The predicted octanol–water partition coefficient (Wildman–Crippen LogP) is 3.44. The molecule has 1 heterocycles. The zero-order valence-corrected chi connectivity index (χ0v) is 18.9. The second kappa shape index (κ2) is 9.54. The molecule has 0 bridgehead atoms. The van der Waals surface area contributed by atoms with Crippen LogP contribution in [0.4, 0.5) is 10.1 Å².